The average molecular weight is 197 g/mol. The normalized spacial score (nSPS) is 10.6. The average Bonchev–Trinajstić information content (AvgIpc) is 2.18. The molecule has 0 saturated carbocycles. The molecule has 5 nitrogen and oxygen atoms in total. The summed E-state index contributed by atoms with van der Waals surface area (Å²) in [6, 6.07) is 0. The van der Waals surface area contributed by atoms with Crippen LogP contribution in [-0.2, 0) is 6.54 Å². The van der Waals surface area contributed by atoms with Crippen LogP contribution in [0, 0.1) is 0 Å². The molecule has 1 rings (SSSR count). The largest absolute Gasteiger partial charge is 0.481 e. The predicted octanol–water partition coefficient (Wildman–Crippen LogP) is 1.09. The first-order chi connectivity index (χ1) is 6.70. The maximum absolute atomic E-state index is 8.68. The van der Waals surface area contributed by atoms with Crippen molar-refractivity contribution in [3.63, 3.8) is 0 Å². The zero-order chi connectivity index (χ0) is 10.6. The number of hydroxylamine groups is 1. The Labute approximate surface area is 83.1 Å². The van der Waals surface area contributed by atoms with E-state index in [1.807, 2.05) is 13.8 Å². The minimum atomic E-state index is 0.273. The second kappa shape index (κ2) is 4.88. The first-order valence-corrected chi connectivity index (χ1v) is 4.45. The molecule has 5 heteroatoms. The van der Waals surface area contributed by atoms with E-state index >= 15 is 0 Å². The molecule has 0 unspecified atom stereocenters. The van der Waals surface area contributed by atoms with Crippen molar-refractivity contribution in [1.82, 2.24) is 15.4 Å². The van der Waals surface area contributed by atoms with Crippen LogP contribution in [0.15, 0.2) is 6.33 Å². The number of rotatable bonds is 4. The Balaban J connectivity index is 3.13. The lowest BCUT2D eigenvalue weighted by atomic mass is 10.1. The van der Waals surface area contributed by atoms with Crippen molar-refractivity contribution in [3.05, 3.63) is 17.6 Å². The molecule has 78 valence electrons. The molecule has 0 radical (unpaired) electrons. The summed E-state index contributed by atoms with van der Waals surface area (Å²) in [6.45, 7) is 4.35. The van der Waals surface area contributed by atoms with E-state index < -0.39 is 0 Å². The second-order valence-electron chi connectivity index (χ2n) is 3.24. The van der Waals surface area contributed by atoms with Gasteiger partial charge in [-0.25, -0.2) is 15.4 Å². The van der Waals surface area contributed by atoms with E-state index in [9.17, 15) is 0 Å². The molecule has 0 aromatic carbocycles. The lowest BCUT2D eigenvalue weighted by Crippen LogP contribution is -2.13. The number of ether oxygens (including phenoxy) is 1. The van der Waals surface area contributed by atoms with E-state index in [4.69, 9.17) is 9.94 Å². The lowest BCUT2D eigenvalue weighted by Gasteiger charge is -2.13. The summed E-state index contributed by atoms with van der Waals surface area (Å²) in [6.07, 6.45) is 1.47. The van der Waals surface area contributed by atoms with Gasteiger partial charge in [0.2, 0.25) is 5.88 Å². The van der Waals surface area contributed by atoms with E-state index in [1.165, 1.54) is 6.33 Å². The van der Waals surface area contributed by atoms with Crippen molar-refractivity contribution < 1.29 is 9.94 Å². The Hall–Kier alpha value is -1.20. The van der Waals surface area contributed by atoms with E-state index in [2.05, 4.69) is 15.4 Å². The molecular weight excluding hydrogens is 182 g/mol. The predicted molar refractivity (Wildman–Crippen MR) is 51.3 cm³/mol. The third-order valence-electron chi connectivity index (χ3n) is 1.94. The van der Waals surface area contributed by atoms with Crippen molar-refractivity contribution >= 4 is 0 Å². The summed E-state index contributed by atoms with van der Waals surface area (Å²) in [5, 5.41) is 8.68. The van der Waals surface area contributed by atoms with Gasteiger partial charge in [-0.05, 0) is 5.92 Å². The van der Waals surface area contributed by atoms with E-state index in [-0.39, 0.29) is 12.5 Å². The van der Waals surface area contributed by atoms with E-state index in [1.54, 1.807) is 7.11 Å². The smallest absolute Gasteiger partial charge is 0.221 e. The third kappa shape index (κ3) is 2.18. The van der Waals surface area contributed by atoms with Crippen molar-refractivity contribution in [2.45, 2.75) is 26.3 Å². The molecule has 0 spiro atoms. The molecule has 0 aliphatic heterocycles. The summed E-state index contributed by atoms with van der Waals surface area (Å²) in [5.41, 5.74) is 3.78. The van der Waals surface area contributed by atoms with Gasteiger partial charge in [0, 0.05) is 0 Å². The molecule has 0 fully saturated rings. The van der Waals surface area contributed by atoms with Gasteiger partial charge in [-0.3, -0.25) is 0 Å². The SMILES string of the molecule is COc1ncnc(C(C)C)c1CNO. The number of nitrogens with zero attached hydrogens (tertiary/aromatic N) is 2. The quantitative estimate of drug-likeness (QED) is 0.707. The maximum Gasteiger partial charge on any atom is 0.221 e. The molecule has 14 heavy (non-hydrogen) atoms. The zero-order valence-corrected chi connectivity index (χ0v) is 8.61. The van der Waals surface area contributed by atoms with Crippen LogP contribution in [0.25, 0.3) is 0 Å². The summed E-state index contributed by atoms with van der Waals surface area (Å²) in [4.78, 5) is 8.14. The van der Waals surface area contributed by atoms with Gasteiger partial charge in [-0.2, -0.15) is 0 Å². The zero-order valence-electron chi connectivity index (χ0n) is 8.61. The van der Waals surface area contributed by atoms with Crippen molar-refractivity contribution in [2.24, 2.45) is 0 Å². The van der Waals surface area contributed by atoms with Gasteiger partial charge in [0.05, 0.1) is 24.9 Å². The summed E-state index contributed by atoms with van der Waals surface area (Å²) in [7, 11) is 1.55. The maximum atomic E-state index is 8.68. The summed E-state index contributed by atoms with van der Waals surface area (Å²) >= 11 is 0. The standard InChI is InChI=1S/C9H15N3O2/c1-6(2)8-7(4-12-13)9(14-3)11-5-10-8/h5-6,12-13H,4H2,1-3H3. The molecule has 0 aliphatic rings. The molecule has 0 bridgehead atoms. The number of nitrogens with one attached hydrogen (secondary N) is 1. The van der Waals surface area contributed by atoms with Crippen LogP contribution in [0.1, 0.15) is 31.0 Å². The van der Waals surface area contributed by atoms with Crippen LogP contribution in [0.4, 0.5) is 0 Å². The first kappa shape index (κ1) is 10.9. The Morgan fingerprint density at radius 3 is 2.71 bits per heavy atom. The van der Waals surface area contributed by atoms with E-state index in [0.717, 1.165) is 11.3 Å². The van der Waals surface area contributed by atoms with E-state index in [0.29, 0.717) is 5.88 Å². The van der Waals surface area contributed by atoms with Gasteiger partial charge in [0.25, 0.3) is 0 Å². The number of methoxy groups -OCH3 is 1. The van der Waals surface area contributed by atoms with Crippen molar-refractivity contribution in [2.75, 3.05) is 7.11 Å². The summed E-state index contributed by atoms with van der Waals surface area (Å²) in [5.74, 6) is 0.778. The van der Waals surface area contributed by atoms with Gasteiger partial charge in [-0.1, -0.05) is 13.8 Å². The molecule has 1 heterocycles. The third-order valence-corrected chi connectivity index (χ3v) is 1.94. The molecule has 0 amide bonds. The Bertz CT molecular complexity index is 302. The monoisotopic (exact) mass is 197 g/mol. The topological polar surface area (TPSA) is 67.3 Å². The van der Waals surface area contributed by atoms with Crippen LogP contribution in [0.2, 0.25) is 0 Å². The molecule has 0 saturated heterocycles. The fourth-order valence-electron chi connectivity index (χ4n) is 1.33. The molecule has 1 aromatic rings. The highest BCUT2D eigenvalue weighted by Crippen LogP contribution is 2.23. The van der Waals surface area contributed by atoms with Crippen LogP contribution < -0.4 is 10.2 Å². The van der Waals surface area contributed by atoms with Gasteiger partial charge < -0.3 is 9.94 Å². The van der Waals surface area contributed by atoms with Crippen LogP contribution in [0.3, 0.4) is 0 Å². The first-order valence-electron chi connectivity index (χ1n) is 4.45. The molecule has 2 N–H and O–H groups in total. The highest BCUT2D eigenvalue weighted by molar-refractivity contribution is 5.31. The summed E-state index contributed by atoms with van der Waals surface area (Å²) < 4.78 is 5.09. The van der Waals surface area contributed by atoms with Gasteiger partial charge >= 0.3 is 0 Å². The highest BCUT2D eigenvalue weighted by Gasteiger charge is 2.13. The Kier molecular flexibility index (Phi) is 3.79. The minimum Gasteiger partial charge on any atom is -0.481 e. The second-order valence-corrected chi connectivity index (χ2v) is 3.24. The fourth-order valence-corrected chi connectivity index (χ4v) is 1.33. The fraction of sp³-hybridized carbons (Fsp3) is 0.556. The molecule has 0 atom stereocenters. The number of aromatic nitrogens is 2. The Morgan fingerprint density at radius 1 is 1.50 bits per heavy atom. The van der Waals surface area contributed by atoms with Crippen molar-refractivity contribution in [1.29, 1.82) is 0 Å². The minimum absolute atomic E-state index is 0.273. The van der Waals surface area contributed by atoms with Gasteiger partial charge in [0.15, 0.2) is 0 Å². The van der Waals surface area contributed by atoms with Gasteiger partial charge in [0.1, 0.15) is 6.33 Å². The molecular formula is C9H15N3O2. The number of hydrogen-bond donors (Lipinski definition) is 2. The Morgan fingerprint density at radius 2 is 2.21 bits per heavy atom. The molecule has 1 aromatic heterocycles. The van der Waals surface area contributed by atoms with Gasteiger partial charge in [-0.15, -0.1) is 0 Å². The lowest BCUT2D eigenvalue weighted by molar-refractivity contribution is 0.159. The molecule has 0 aliphatic carbocycles. The van der Waals surface area contributed by atoms with Crippen LogP contribution in [0.5, 0.6) is 5.88 Å². The number of hydrogen-bond acceptors (Lipinski definition) is 5. The van der Waals surface area contributed by atoms with Crippen molar-refractivity contribution in [3.8, 4) is 5.88 Å². The highest BCUT2D eigenvalue weighted by atomic mass is 16.5. The van der Waals surface area contributed by atoms with Crippen LogP contribution >= 0.6 is 0 Å². The van der Waals surface area contributed by atoms with Crippen LogP contribution in [-0.4, -0.2) is 22.3 Å².